The van der Waals surface area contributed by atoms with E-state index in [1.54, 1.807) is 24.3 Å². The van der Waals surface area contributed by atoms with Gasteiger partial charge in [-0.15, -0.1) is 0 Å². The van der Waals surface area contributed by atoms with Gasteiger partial charge in [0, 0.05) is 11.8 Å². The fraction of sp³-hybridized carbons (Fsp3) is 0.267. The Labute approximate surface area is 110 Å². The average Bonchev–Trinajstić information content (AvgIpc) is 2.55. The van der Waals surface area contributed by atoms with Crippen molar-refractivity contribution in [2.24, 2.45) is 0 Å². The molecule has 0 unspecified atom stereocenters. The third kappa shape index (κ3) is 1.99. The minimum atomic E-state index is -3.40. The fourth-order valence-corrected chi connectivity index (χ4v) is 4.17. The molecule has 1 aromatic carbocycles. The molecule has 2 rings (SSSR count). The smallest absolute Gasteiger partial charge is 0.186 e. The topological polar surface area (TPSA) is 34.1 Å². The van der Waals surface area contributed by atoms with Gasteiger partial charge in [-0.2, -0.15) is 0 Å². The van der Waals surface area contributed by atoms with Crippen molar-refractivity contribution < 1.29 is 8.42 Å². The number of sulfone groups is 1. The van der Waals surface area contributed by atoms with Gasteiger partial charge in [0.2, 0.25) is 0 Å². The summed E-state index contributed by atoms with van der Waals surface area (Å²) in [6.07, 6.45) is 0. The number of benzene rings is 1. The zero-order valence-corrected chi connectivity index (χ0v) is 11.9. The first kappa shape index (κ1) is 13.6. The van der Waals surface area contributed by atoms with Gasteiger partial charge in [0.25, 0.3) is 0 Å². The predicted molar refractivity (Wildman–Crippen MR) is 72.5 cm³/mol. The van der Waals surface area contributed by atoms with Gasteiger partial charge in [-0.05, 0) is 24.0 Å². The Morgan fingerprint density at radius 2 is 1.17 bits per heavy atom. The van der Waals surface area contributed by atoms with Crippen LogP contribution in [0.5, 0.6) is 0 Å². The lowest BCUT2D eigenvalue weighted by Crippen LogP contribution is -2.19. The molecule has 1 aliphatic rings. The first-order valence-electron chi connectivity index (χ1n) is 5.90. The highest BCUT2D eigenvalue weighted by Crippen LogP contribution is 2.55. The standard InChI is InChI=1S/C15H17O2S/c1-10-11(2)13(4)15(12(10)3)18(16,17)14-8-6-5-7-9-14/h5-9H,1-4H3. The van der Waals surface area contributed by atoms with Crippen molar-refractivity contribution in [2.45, 2.75) is 32.6 Å². The maximum absolute atomic E-state index is 12.6. The third-order valence-electron chi connectivity index (χ3n) is 3.69. The minimum Gasteiger partial charge on any atom is -0.223 e. The van der Waals surface area contributed by atoms with Gasteiger partial charge in [-0.1, -0.05) is 45.9 Å². The molecule has 5 radical (unpaired) electrons. The van der Waals surface area contributed by atoms with E-state index in [9.17, 15) is 8.42 Å². The monoisotopic (exact) mass is 261 g/mol. The molecular formula is C15H17O2S. The molecule has 1 aliphatic carbocycles. The van der Waals surface area contributed by atoms with E-state index < -0.39 is 9.84 Å². The highest BCUT2D eigenvalue weighted by atomic mass is 32.2. The summed E-state index contributed by atoms with van der Waals surface area (Å²) in [7, 11) is -3.40. The molecule has 95 valence electrons. The maximum Gasteiger partial charge on any atom is 0.186 e. The molecule has 1 fully saturated rings. The molecule has 2 nitrogen and oxygen atoms in total. The Balaban J connectivity index is 2.43. The zero-order valence-electron chi connectivity index (χ0n) is 11.1. The number of hydrogen-bond acceptors (Lipinski definition) is 2. The second kappa shape index (κ2) is 4.69. The highest BCUT2D eigenvalue weighted by molar-refractivity contribution is 7.94. The lowest BCUT2D eigenvalue weighted by molar-refractivity contribution is 0.596. The summed E-state index contributed by atoms with van der Waals surface area (Å²) in [6.45, 7) is 7.71. The van der Waals surface area contributed by atoms with Crippen LogP contribution in [-0.4, -0.2) is 8.42 Å². The van der Waals surface area contributed by atoms with Crippen molar-refractivity contribution in [1.82, 2.24) is 0 Å². The van der Waals surface area contributed by atoms with Gasteiger partial charge >= 0.3 is 0 Å². The van der Waals surface area contributed by atoms with Gasteiger partial charge in [-0.25, -0.2) is 8.42 Å². The van der Waals surface area contributed by atoms with E-state index in [4.69, 9.17) is 0 Å². The van der Waals surface area contributed by atoms with Gasteiger partial charge in [0.05, 0.1) is 4.90 Å². The second-order valence-electron chi connectivity index (χ2n) is 4.65. The van der Waals surface area contributed by atoms with Crippen LogP contribution < -0.4 is 0 Å². The third-order valence-corrected chi connectivity index (χ3v) is 5.73. The molecule has 0 aromatic heterocycles. The summed E-state index contributed by atoms with van der Waals surface area (Å²) in [6, 6.07) is 8.61. The summed E-state index contributed by atoms with van der Waals surface area (Å²) in [5.41, 5.74) is 0. The van der Waals surface area contributed by atoms with E-state index in [1.807, 2.05) is 33.8 Å². The predicted octanol–water partition coefficient (Wildman–Crippen LogP) is 3.38. The average molecular weight is 261 g/mol. The molecule has 3 heteroatoms. The lowest BCUT2D eigenvalue weighted by Gasteiger charge is -2.19. The quantitative estimate of drug-likeness (QED) is 0.818. The van der Waals surface area contributed by atoms with Gasteiger partial charge in [0.1, 0.15) is 5.25 Å². The van der Waals surface area contributed by atoms with Crippen LogP contribution in [0.3, 0.4) is 0 Å². The van der Waals surface area contributed by atoms with Crippen LogP contribution in [0.15, 0.2) is 35.2 Å². The van der Waals surface area contributed by atoms with Gasteiger partial charge < -0.3 is 0 Å². The molecule has 0 spiro atoms. The fourth-order valence-electron chi connectivity index (χ4n) is 2.30. The minimum absolute atomic E-state index is 0.362. The van der Waals surface area contributed by atoms with E-state index in [-0.39, 0.29) is 0 Å². The Hall–Kier alpha value is -0.830. The van der Waals surface area contributed by atoms with Crippen LogP contribution in [0.1, 0.15) is 27.7 Å². The van der Waals surface area contributed by atoms with E-state index in [1.165, 1.54) is 0 Å². The molecule has 0 aliphatic heterocycles. The number of hydrogen-bond donors (Lipinski definition) is 0. The molecule has 0 bridgehead atoms. The Morgan fingerprint density at radius 3 is 1.61 bits per heavy atom. The van der Waals surface area contributed by atoms with Crippen molar-refractivity contribution in [3.63, 3.8) is 0 Å². The van der Waals surface area contributed by atoms with Crippen LogP contribution in [-0.2, 0) is 9.84 Å². The maximum atomic E-state index is 12.6. The molecule has 0 heterocycles. The van der Waals surface area contributed by atoms with Crippen molar-refractivity contribution in [1.29, 1.82) is 0 Å². The van der Waals surface area contributed by atoms with Crippen LogP contribution in [0.2, 0.25) is 0 Å². The van der Waals surface area contributed by atoms with Gasteiger partial charge in [-0.3, -0.25) is 0 Å². The summed E-state index contributed by atoms with van der Waals surface area (Å²) >= 11 is 0. The Bertz CT molecular complexity index is 493. The van der Waals surface area contributed by atoms with Gasteiger partial charge in [0.15, 0.2) is 9.84 Å². The molecule has 1 saturated carbocycles. The second-order valence-corrected chi connectivity index (χ2v) is 6.53. The molecule has 0 atom stereocenters. The molecule has 18 heavy (non-hydrogen) atoms. The van der Waals surface area contributed by atoms with E-state index >= 15 is 0 Å². The molecular weight excluding hydrogens is 244 g/mol. The van der Waals surface area contributed by atoms with Crippen LogP contribution in [0.25, 0.3) is 0 Å². The molecule has 0 N–H and O–H groups in total. The van der Waals surface area contributed by atoms with Crippen LogP contribution in [0, 0.1) is 28.9 Å². The van der Waals surface area contributed by atoms with E-state index in [2.05, 4.69) is 0 Å². The number of rotatable bonds is 2. The molecule has 0 amide bonds. The molecule has 0 saturated heterocycles. The summed E-state index contributed by atoms with van der Waals surface area (Å²) in [4.78, 5) is 0.362. The first-order chi connectivity index (χ1) is 8.37. The largest absolute Gasteiger partial charge is 0.223 e. The van der Waals surface area contributed by atoms with Crippen molar-refractivity contribution in [2.75, 3.05) is 0 Å². The van der Waals surface area contributed by atoms with Crippen molar-refractivity contribution in [3.8, 4) is 0 Å². The zero-order chi connectivity index (χ0) is 13.5. The normalized spacial score (nSPS) is 21.8. The van der Waals surface area contributed by atoms with E-state index in [0.717, 1.165) is 23.7 Å². The first-order valence-corrected chi connectivity index (χ1v) is 7.39. The summed E-state index contributed by atoms with van der Waals surface area (Å²) in [5.74, 6) is 3.88. The van der Waals surface area contributed by atoms with Crippen LogP contribution in [0.4, 0.5) is 0 Å². The van der Waals surface area contributed by atoms with E-state index in [0.29, 0.717) is 10.1 Å². The summed E-state index contributed by atoms with van der Waals surface area (Å²) in [5, 5.41) is 0.476. The molecule has 1 aromatic rings. The highest BCUT2D eigenvalue weighted by Gasteiger charge is 2.50. The van der Waals surface area contributed by atoms with Crippen molar-refractivity contribution in [3.05, 3.63) is 59.3 Å². The Kier molecular flexibility index (Phi) is 3.54. The van der Waals surface area contributed by atoms with Crippen LogP contribution >= 0.6 is 0 Å². The SMILES string of the molecule is C[C]1[C](C)[C](C)[C](S(=O)(=O)c2ccccc2)[C]1C. The Morgan fingerprint density at radius 1 is 0.722 bits per heavy atom. The summed E-state index contributed by atoms with van der Waals surface area (Å²) < 4.78 is 25.3. The van der Waals surface area contributed by atoms with Crippen molar-refractivity contribution >= 4 is 9.84 Å². The lowest BCUT2D eigenvalue weighted by atomic mass is 9.92.